The summed E-state index contributed by atoms with van der Waals surface area (Å²) in [5.41, 5.74) is 8.23. The Morgan fingerprint density at radius 3 is 2.22 bits per heavy atom. The van der Waals surface area contributed by atoms with Crippen LogP contribution in [0.5, 0.6) is 5.88 Å². The summed E-state index contributed by atoms with van der Waals surface area (Å²) in [6.07, 6.45) is 4.04. The first-order valence-corrected chi connectivity index (χ1v) is 13.8. The second kappa shape index (κ2) is 11.0. The van der Waals surface area contributed by atoms with Gasteiger partial charge in [0.2, 0.25) is 5.88 Å². The predicted molar refractivity (Wildman–Crippen MR) is 156 cm³/mol. The van der Waals surface area contributed by atoms with E-state index in [1.54, 1.807) is 13.3 Å². The predicted octanol–water partition coefficient (Wildman–Crippen LogP) is 6.97. The number of carbonyl (C=O) groups excluding carboxylic acids is 1. The Labute approximate surface area is 239 Å². The molecule has 6 rings (SSSR count). The fourth-order valence-electron chi connectivity index (χ4n) is 5.20. The second-order valence-electron chi connectivity index (χ2n) is 10.3. The Bertz CT molecular complexity index is 1670. The largest absolute Gasteiger partial charge is 0.481 e. The van der Waals surface area contributed by atoms with Crippen molar-refractivity contribution in [3.63, 3.8) is 0 Å². The van der Waals surface area contributed by atoms with Crippen LogP contribution >= 0.6 is 0 Å². The molecule has 7 nitrogen and oxygen atoms in total. The number of carbonyl (C=O) groups is 1. The molecule has 3 heterocycles. The van der Waals surface area contributed by atoms with Crippen LogP contribution in [-0.2, 0) is 21.4 Å². The lowest BCUT2D eigenvalue weighted by Crippen LogP contribution is -2.23. The van der Waals surface area contributed by atoms with Crippen LogP contribution in [0.4, 0.5) is 0 Å². The molecule has 206 valence electrons. The van der Waals surface area contributed by atoms with Gasteiger partial charge in [0.15, 0.2) is 5.76 Å². The molecule has 1 aliphatic rings. The van der Waals surface area contributed by atoms with Crippen molar-refractivity contribution >= 4 is 5.97 Å². The fraction of sp³-hybridized carbons (Fsp3) is 0.235. The molecule has 0 aliphatic heterocycles. The van der Waals surface area contributed by atoms with Crippen molar-refractivity contribution in [2.24, 2.45) is 0 Å². The van der Waals surface area contributed by atoms with E-state index in [2.05, 4.69) is 46.5 Å². The summed E-state index contributed by atoms with van der Waals surface area (Å²) in [5.74, 6) is 1.20. The molecule has 1 fully saturated rings. The zero-order valence-electron chi connectivity index (χ0n) is 23.4. The number of aromatic nitrogens is 3. The number of pyridine rings is 2. The highest BCUT2D eigenvalue weighted by Crippen LogP contribution is 2.49. The van der Waals surface area contributed by atoms with Gasteiger partial charge in [-0.3, -0.25) is 9.78 Å². The highest BCUT2D eigenvalue weighted by atomic mass is 16.5. The van der Waals surface area contributed by atoms with E-state index in [9.17, 15) is 4.79 Å². The van der Waals surface area contributed by atoms with Crippen LogP contribution in [0, 0.1) is 6.92 Å². The molecule has 0 unspecified atom stereocenters. The molecule has 7 heteroatoms. The molecule has 1 aliphatic carbocycles. The van der Waals surface area contributed by atoms with Gasteiger partial charge in [-0.2, -0.15) is 0 Å². The minimum atomic E-state index is -0.459. The van der Waals surface area contributed by atoms with Gasteiger partial charge in [0.25, 0.3) is 0 Å². The summed E-state index contributed by atoms with van der Waals surface area (Å²) in [4.78, 5) is 21.6. The van der Waals surface area contributed by atoms with Crippen LogP contribution in [0.3, 0.4) is 0 Å². The molecule has 1 saturated carbocycles. The number of nitrogens with zero attached hydrogens (tertiary/aromatic N) is 3. The Morgan fingerprint density at radius 1 is 0.902 bits per heavy atom. The molecule has 0 atom stereocenters. The lowest BCUT2D eigenvalue weighted by atomic mass is 9.93. The lowest BCUT2D eigenvalue weighted by molar-refractivity contribution is -0.146. The Balaban J connectivity index is 1.20. The van der Waals surface area contributed by atoms with Gasteiger partial charge >= 0.3 is 5.97 Å². The van der Waals surface area contributed by atoms with E-state index in [0.717, 1.165) is 69.1 Å². The summed E-state index contributed by atoms with van der Waals surface area (Å²) < 4.78 is 16.3. The van der Waals surface area contributed by atoms with E-state index < -0.39 is 5.41 Å². The maximum atomic E-state index is 12.5. The van der Waals surface area contributed by atoms with Crippen LogP contribution in [0.1, 0.15) is 42.3 Å². The van der Waals surface area contributed by atoms with Gasteiger partial charge in [0.1, 0.15) is 0 Å². The standard InChI is InChI=1S/C34H31N3O4/c1-4-40-33(38)34(18-19-34)27-15-12-24(13-16-27)23-8-10-25(11-9-23)32-29(22(2)37-41-32)20-28-6-5-7-30(36-28)26-14-17-31(39-3)35-21-26/h5-17,21H,4,18-20H2,1-3H3. The van der Waals surface area contributed by atoms with Crippen LogP contribution in [-0.4, -0.2) is 34.8 Å². The van der Waals surface area contributed by atoms with Gasteiger partial charge < -0.3 is 14.0 Å². The van der Waals surface area contributed by atoms with Crippen LogP contribution in [0.15, 0.2) is 89.6 Å². The zero-order valence-corrected chi connectivity index (χ0v) is 23.4. The van der Waals surface area contributed by atoms with Crippen molar-refractivity contribution in [2.45, 2.75) is 38.5 Å². The summed E-state index contributed by atoms with van der Waals surface area (Å²) in [6, 6.07) is 26.3. The molecule has 0 radical (unpaired) electrons. The molecule has 0 spiro atoms. The second-order valence-corrected chi connectivity index (χ2v) is 10.3. The van der Waals surface area contributed by atoms with E-state index >= 15 is 0 Å². The monoisotopic (exact) mass is 545 g/mol. The fourth-order valence-corrected chi connectivity index (χ4v) is 5.20. The van der Waals surface area contributed by atoms with E-state index in [1.807, 2.05) is 56.3 Å². The van der Waals surface area contributed by atoms with Gasteiger partial charge in [-0.05, 0) is 61.6 Å². The van der Waals surface area contributed by atoms with Crippen molar-refractivity contribution in [3.8, 4) is 39.6 Å². The molecular weight excluding hydrogens is 514 g/mol. The third-order valence-electron chi connectivity index (χ3n) is 7.72. The van der Waals surface area contributed by atoms with Crippen molar-refractivity contribution in [1.82, 2.24) is 15.1 Å². The van der Waals surface area contributed by atoms with Crippen molar-refractivity contribution in [1.29, 1.82) is 0 Å². The quantitative estimate of drug-likeness (QED) is 0.185. The molecule has 3 aromatic heterocycles. The molecular formula is C34H31N3O4. The molecule has 2 aromatic carbocycles. The molecule has 5 aromatic rings. The molecule has 0 saturated heterocycles. The number of methoxy groups -OCH3 is 1. The molecule has 0 amide bonds. The van der Waals surface area contributed by atoms with Crippen molar-refractivity contribution < 1.29 is 18.8 Å². The lowest BCUT2D eigenvalue weighted by Gasteiger charge is -2.14. The van der Waals surface area contributed by atoms with E-state index in [0.29, 0.717) is 18.9 Å². The number of hydrogen-bond donors (Lipinski definition) is 0. The van der Waals surface area contributed by atoms with Gasteiger partial charge in [0, 0.05) is 41.1 Å². The Hall–Kier alpha value is -4.78. The van der Waals surface area contributed by atoms with Crippen LogP contribution < -0.4 is 4.74 Å². The van der Waals surface area contributed by atoms with Crippen LogP contribution in [0.25, 0.3) is 33.7 Å². The topological polar surface area (TPSA) is 87.3 Å². The first-order chi connectivity index (χ1) is 20.0. The number of benzene rings is 2. The summed E-state index contributed by atoms with van der Waals surface area (Å²) >= 11 is 0. The SMILES string of the molecule is CCOC(=O)C1(c2ccc(-c3ccc(-c4onc(C)c4Cc4cccc(-c5ccc(OC)nc5)n4)cc3)cc2)CC1. The first-order valence-electron chi connectivity index (χ1n) is 13.8. The van der Waals surface area contributed by atoms with Gasteiger partial charge in [0.05, 0.1) is 30.5 Å². The number of esters is 1. The maximum absolute atomic E-state index is 12.5. The average Bonchev–Trinajstić information content (AvgIpc) is 3.76. The van der Waals surface area contributed by atoms with E-state index in [1.165, 1.54) is 0 Å². The number of aryl methyl sites for hydroxylation is 1. The molecule has 41 heavy (non-hydrogen) atoms. The molecule has 0 N–H and O–H groups in total. The number of hydrogen-bond acceptors (Lipinski definition) is 7. The first kappa shape index (κ1) is 26.4. The Morgan fingerprint density at radius 2 is 1.59 bits per heavy atom. The Kier molecular flexibility index (Phi) is 7.10. The third-order valence-corrected chi connectivity index (χ3v) is 7.72. The minimum Gasteiger partial charge on any atom is -0.481 e. The molecule has 0 bridgehead atoms. The number of rotatable bonds is 9. The van der Waals surface area contributed by atoms with Crippen molar-refractivity contribution in [2.75, 3.05) is 13.7 Å². The zero-order chi connectivity index (χ0) is 28.4. The number of ether oxygens (including phenoxy) is 2. The highest BCUT2D eigenvalue weighted by Gasteiger charge is 2.52. The average molecular weight is 546 g/mol. The summed E-state index contributed by atoms with van der Waals surface area (Å²) in [5, 5.41) is 4.27. The van der Waals surface area contributed by atoms with Gasteiger partial charge in [-0.15, -0.1) is 0 Å². The van der Waals surface area contributed by atoms with Gasteiger partial charge in [-0.1, -0.05) is 59.8 Å². The van der Waals surface area contributed by atoms with E-state index in [-0.39, 0.29) is 5.97 Å². The minimum absolute atomic E-state index is 0.116. The van der Waals surface area contributed by atoms with Crippen LogP contribution in [0.2, 0.25) is 0 Å². The summed E-state index contributed by atoms with van der Waals surface area (Å²) in [7, 11) is 1.60. The smallest absolute Gasteiger partial charge is 0.316 e. The highest BCUT2D eigenvalue weighted by molar-refractivity contribution is 5.87. The summed E-state index contributed by atoms with van der Waals surface area (Å²) in [6.45, 7) is 4.21. The van der Waals surface area contributed by atoms with Crippen molar-refractivity contribution in [3.05, 3.63) is 108 Å². The maximum Gasteiger partial charge on any atom is 0.316 e. The van der Waals surface area contributed by atoms with Gasteiger partial charge in [-0.25, -0.2) is 4.98 Å². The third kappa shape index (κ3) is 5.23. The normalized spacial score (nSPS) is 13.5. The van der Waals surface area contributed by atoms with E-state index in [4.69, 9.17) is 19.0 Å².